The molecule has 1 atom stereocenters. The maximum Gasteiger partial charge on any atom is 0.129 e. The van der Waals surface area contributed by atoms with Crippen molar-refractivity contribution in [3.05, 3.63) is 53.4 Å². The summed E-state index contributed by atoms with van der Waals surface area (Å²) in [6.07, 6.45) is 5.28. The van der Waals surface area contributed by atoms with E-state index in [0.717, 1.165) is 25.0 Å². The second-order valence-corrected chi connectivity index (χ2v) is 5.03. The van der Waals surface area contributed by atoms with Crippen LogP contribution in [0.4, 0.5) is 4.39 Å². The first-order valence-corrected chi connectivity index (χ1v) is 6.71. The van der Waals surface area contributed by atoms with Crippen LogP contribution in [-0.4, -0.2) is 14.7 Å². The van der Waals surface area contributed by atoms with E-state index < -0.39 is 6.10 Å². The highest BCUT2D eigenvalue weighted by Crippen LogP contribution is 2.23. The van der Waals surface area contributed by atoms with Gasteiger partial charge in [0.1, 0.15) is 5.82 Å². The van der Waals surface area contributed by atoms with E-state index >= 15 is 0 Å². The molecule has 1 unspecified atom stereocenters. The van der Waals surface area contributed by atoms with Gasteiger partial charge in [0.2, 0.25) is 0 Å². The van der Waals surface area contributed by atoms with E-state index in [1.165, 1.54) is 18.2 Å². The van der Waals surface area contributed by atoms with Gasteiger partial charge in [-0.15, -0.1) is 0 Å². The molecule has 1 heterocycles. The molecular weight excluding hydrogens is 243 g/mol. The molecule has 3 rings (SSSR count). The minimum Gasteiger partial charge on any atom is -0.386 e. The molecule has 100 valence electrons. The van der Waals surface area contributed by atoms with Gasteiger partial charge in [-0.3, -0.25) is 0 Å². The molecule has 0 aliphatic heterocycles. The maximum absolute atomic E-state index is 13.6. The molecule has 0 saturated carbocycles. The summed E-state index contributed by atoms with van der Waals surface area (Å²) in [6, 6.07) is 6.38. The fraction of sp³-hybridized carbons (Fsp3) is 0.400. The molecule has 1 aromatic heterocycles. The van der Waals surface area contributed by atoms with Crippen molar-refractivity contribution < 1.29 is 9.50 Å². The molecule has 0 fully saturated rings. The molecule has 19 heavy (non-hydrogen) atoms. The van der Waals surface area contributed by atoms with Crippen molar-refractivity contribution in [1.29, 1.82) is 0 Å². The summed E-state index contributed by atoms with van der Waals surface area (Å²) in [5.74, 6) is -0.357. The molecule has 4 heteroatoms. The molecule has 1 N–H and O–H groups in total. The number of benzene rings is 1. The van der Waals surface area contributed by atoms with E-state index in [2.05, 4.69) is 4.98 Å². The van der Waals surface area contributed by atoms with Crippen LogP contribution < -0.4 is 0 Å². The van der Waals surface area contributed by atoms with Crippen LogP contribution in [-0.2, 0) is 19.4 Å². The third-order valence-electron chi connectivity index (χ3n) is 3.74. The smallest absolute Gasteiger partial charge is 0.129 e. The topological polar surface area (TPSA) is 38.0 Å². The highest BCUT2D eigenvalue weighted by molar-refractivity contribution is 5.21. The Morgan fingerprint density at radius 2 is 2.05 bits per heavy atom. The monoisotopic (exact) mass is 260 g/mol. The molecule has 3 nitrogen and oxygen atoms in total. The highest BCUT2D eigenvalue weighted by atomic mass is 19.1. The van der Waals surface area contributed by atoms with E-state index in [4.69, 9.17) is 0 Å². The molecule has 0 spiro atoms. The van der Waals surface area contributed by atoms with Crippen molar-refractivity contribution in [2.75, 3.05) is 0 Å². The zero-order valence-corrected chi connectivity index (χ0v) is 10.7. The third-order valence-corrected chi connectivity index (χ3v) is 3.74. The lowest BCUT2D eigenvalue weighted by Gasteiger charge is -2.17. The Hall–Kier alpha value is -1.68. The van der Waals surface area contributed by atoms with Crippen LogP contribution in [0.2, 0.25) is 0 Å². The van der Waals surface area contributed by atoms with Crippen molar-refractivity contribution >= 4 is 0 Å². The normalized spacial score (nSPS) is 16.1. The largest absolute Gasteiger partial charge is 0.386 e. The van der Waals surface area contributed by atoms with Crippen molar-refractivity contribution in [2.24, 2.45) is 0 Å². The summed E-state index contributed by atoms with van der Waals surface area (Å²) in [4.78, 5) is 4.38. The number of fused-ring (bicyclic) bond motifs is 1. The molecule has 1 aromatic carbocycles. The van der Waals surface area contributed by atoms with Gasteiger partial charge in [-0.1, -0.05) is 18.2 Å². The first-order valence-electron chi connectivity index (χ1n) is 6.71. The number of imidazole rings is 1. The summed E-state index contributed by atoms with van der Waals surface area (Å²) in [7, 11) is 0. The number of hydrogen-bond donors (Lipinski definition) is 1. The number of hydrogen-bond acceptors (Lipinski definition) is 2. The second-order valence-electron chi connectivity index (χ2n) is 5.03. The van der Waals surface area contributed by atoms with Gasteiger partial charge in [0.05, 0.1) is 24.7 Å². The zero-order chi connectivity index (χ0) is 13.2. The number of aliphatic hydroxyl groups excluding tert-OH is 1. The minimum atomic E-state index is -0.832. The first-order chi connectivity index (χ1) is 9.25. The van der Waals surface area contributed by atoms with Gasteiger partial charge in [0.25, 0.3) is 0 Å². The van der Waals surface area contributed by atoms with Crippen molar-refractivity contribution in [3.63, 3.8) is 0 Å². The first kappa shape index (κ1) is 12.4. The number of halogens is 1. The number of rotatable bonds is 3. The SMILES string of the molecule is OC(Cn1cnc2c1CCCC2)c1ccccc1F. The average Bonchev–Trinajstić information content (AvgIpc) is 2.83. The van der Waals surface area contributed by atoms with Crippen molar-refractivity contribution in [1.82, 2.24) is 9.55 Å². The van der Waals surface area contributed by atoms with Gasteiger partial charge in [-0.05, 0) is 31.7 Å². The number of aryl methyl sites for hydroxylation is 1. The fourth-order valence-electron chi connectivity index (χ4n) is 2.72. The van der Waals surface area contributed by atoms with Gasteiger partial charge in [-0.2, -0.15) is 0 Å². The molecule has 0 bridgehead atoms. The Labute approximate surface area is 111 Å². The Morgan fingerprint density at radius 1 is 1.26 bits per heavy atom. The van der Waals surface area contributed by atoms with Gasteiger partial charge in [0, 0.05) is 11.3 Å². The zero-order valence-electron chi connectivity index (χ0n) is 10.7. The quantitative estimate of drug-likeness (QED) is 0.921. The number of aliphatic hydroxyl groups is 1. The van der Waals surface area contributed by atoms with Crippen molar-refractivity contribution in [3.8, 4) is 0 Å². The fourth-order valence-corrected chi connectivity index (χ4v) is 2.72. The summed E-state index contributed by atoms with van der Waals surface area (Å²) in [5.41, 5.74) is 2.68. The Bertz CT molecular complexity index is 579. The second kappa shape index (κ2) is 5.13. The minimum absolute atomic E-state index is 0.348. The summed E-state index contributed by atoms with van der Waals surface area (Å²) < 4.78 is 15.6. The van der Waals surface area contributed by atoms with Crippen LogP contribution in [0.5, 0.6) is 0 Å². The molecule has 0 saturated heterocycles. The summed E-state index contributed by atoms with van der Waals surface area (Å²) in [5, 5.41) is 10.2. The van der Waals surface area contributed by atoms with E-state index in [1.54, 1.807) is 24.5 Å². The van der Waals surface area contributed by atoms with Gasteiger partial charge < -0.3 is 9.67 Å². The number of nitrogens with zero attached hydrogens (tertiary/aromatic N) is 2. The standard InChI is InChI=1S/C15H17FN2O/c16-12-6-2-1-5-11(12)15(19)9-18-10-17-13-7-3-4-8-14(13)18/h1-2,5-6,10,15,19H,3-4,7-9H2. The highest BCUT2D eigenvalue weighted by Gasteiger charge is 2.18. The van der Waals surface area contributed by atoms with Crippen LogP contribution in [0, 0.1) is 5.82 Å². The number of aromatic nitrogens is 2. The summed E-state index contributed by atoms with van der Waals surface area (Å²) >= 11 is 0. The lowest BCUT2D eigenvalue weighted by atomic mass is 10.0. The third kappa shape index (κ3) is 2.40. The van der Waals surface area contributed by atoms with Crippen molar-refractivity contribution in [2.45, 2.75) is 38.3 Å². The maximum atomic E-state index is 13.6. The predicted molar refractivity (Wildman–Crippen MR) is 70.2 cm³/mol. The van der Waals surface area contributed by atoms with Gasteiger partial charge in [0.15, 0.2) is 0 Å². The van der Waals surface area contributed by atoms with E-state index in [-0.39, 0.29) is 5.82 Å². The molecule has 0 radical (unpaired) electrons. The summed E-state index contributed by atoms with van der Waals surface area (Å²) in [6.45, 7) is 0.364. The molecule has 1 aliphatic rings. The molecule has 2 aromatic rings. The van der Waals surface area contributed by atoms with Crippen LogP contribution >= 0.6 is 0 Å². The lowest BCUT2D eigenvalue weighted by Crippen LogP contribution is -2.14. The van der Waals surface area contributed by atoms with Crippen LogP contribution in [0.25, 0.3) is 0 Å². The average molecular weight is 260 g/mol. The van der Waals surface area contributed by atoms with Crippen LogP contribution in [0.3, 0.4) is 0 Å². The Kier molecular flexibility index (Phi) is 3.34. The molecular formula is C15H17FN2O. The Morgan fingerprint density at radius 3 is 2.89 bits per heavy atom. The van der Waals surface area contributed by atoms with E-state index in [0.29, 0.717) is 12.1 Å². The molecule has 0 amide bonds. The predicted octanol–water partition coefficient (Wildman–Crippen LogP) is 2.63. The Balaban J connectivity index is 1.82. The van der Waals surface area contributed by atoms with E-state index in [9.17, 15) is 9.50 Å². The van der Waals surface area contributed by atoms with E-state index in [1.807, 2.05) is 4.57 Å². The van der Waals surface area contributed by atoms with Gasteiger partial charge in [-0.25, -0.2) is 9.37 Å². The lowest BCUT2D eigenvalue weighted by molar-refractivity contribution is 0.150. The molecule has 1 aliphatic carbocycles. The van der Waals surface area contributed by atoms with Crippen LogP contribution in [0.1, 0.15) is 35.9 Å². The van der Waals surface area contributed by atoms with Crippen LogP contribution in [0.15, 0.2) is 30.6 Å². The van der Waals surface area contributed by atoms with Gasteiger partial charge >= 0.3 is 0 Å².